The van der Waals surface area contributed by atoms with E-state index in [0.717, 1.165) is 31.4 Å². The van der Waals surface area contributed by atoms with Gasteiger partial charge in [0.25, 0.3) is 5.56 Å². The Morgan fingerprint density at radius 1 is 1.07 bits per heavy atom. The number of nitrogens with zero attached hydrogens (tertiary/aromatic N) is 5. The first-order valence-electron chi connectivity index (χ1n) is 9.40. The van der Waals surface area contributed by atoms with E-state index in [1.165, 1.54) is 35.6 Å². The van der Waals surface area contributed by atoms with Crippen molar-refractivity contribution in [1.29, 1.82) is 0 Å². The van der Waals surface area contributed by atoms with Crippen molar-refractivity contribution in [3.8, 4) is 0 Å². The molecule has 3 heterocycles. The number of rotatable bonds is 3. The number of likely N-dealkylation sites (tertiary alicyclic amines) is 1. The molecule has 142 valence electrons. The summed E-state index contributed by atoms with van der Waals surface area (Å²) in [6, 6.07) is 7.42. The smallest absolute Gasteiger partial charge is 0.262 e. The Labute approximate surface area is 161 Å². The van der Waals surface area contributed by atoms with Crippen molar-refractivity contribution in [3.63, 3.8) is 0 Å². The molecule has 8 heteroatoms. The van der Waals surface area contributed by atoms with Crippen LogP contribution in [-0.2, 0) is 11.8 Å². The number of thioether (sulfide) groups is 1. The van der Waals surface area contributed by atoms with Crippen molar-refractivity contribution in [2.75, 3.05) is 18.8 Å². The summed E-state index contributed by atoms with van der Waals surface area (Å²) in [6.07, 6.45) is 5.83. The zero-order valence-corrected chi connectivity index (χ0v) is 16.2. The third kappa shape index (κ3) is 3.45. The van der Waals surface area contributed by atoms with Gasteiger partial charge >= 0.3 is 0 Å². The summed E-state index contributed by atoms with van der Waals surface area (Å²) in [4.78, 5) is 27.1. The minimum absolute atomic E-state index is 0.0984. The highest BCUT2D eigenvalue weighted by Crippen LogP contribution is 2.22. The molecule has 4 rings (SSSR count). The summed E-state index contributed by atoms with van der Waals surface area (Å²) < 4.78 is 3.36. The average Bonchev–Trinajstić information content (AvgIpc) is 3.08. The lowest BCUT2D eigenvalue weighted by Gasteiger charge is -2.24. The molecule has 0 unspecified atom stereocenters. The van der Waals surface area contributed by atoms with Gasteiger partial charge in [-0.1, -0.05) is 43.2 Å². The van der Waals surface area contributed by atoms with Gasteiger partial charge in [-0.3, -0.25) is 18.6 Å². The molecule has 27 heavy (non-hydrogen) atoms. The molecular formula is C19H23N5O2S. The third-order valence-electron chi connectivity index (χ3n) is 5.13. The molecule has 0 radical (unpaired) electrons. The quantitative estimate of drug-likeness (QED) is 0.648. The summed E-state index contributed by atoms with van der Waals surface area (Å²) in [7, 11) is 1.69. The molecule has 0 N–H and O–H groups in total. The Bertz CT molecular complexity index is 1030. The highest BCUT2D eigenvalue weighted by atomic mass is 32.2. The van der Waals surface area contributed by atoms with Crippen molar-refractivity contribution < 1.29 is 4.79 Å². The molecule has 1 fully saturated rings. The first-order chi connectivity index (χ1) is 13.2. The van der Waals surface area contributed by atoms with Crippen molar-refractivity contribution in [3.05, 3.63) is 34.6 Å². The van der Waals surface area contributed by atoms with Gasteiger partial charge in [0.2, 0.25) is 11.7 Å². The van der Waals surface area contributed by atoms with Gasteiger partial charge in [-0.25, -0.2) is 0 Å². The largest absolute Gasteiger partial charge is 0.342 e. The number of carbonyl (C=O) groups is 1. The fourth-order valence-corrected chi connectivity index (χ4v) is 4.46. The van der Waals surface area contributed by atoms with Crippen molar-refractivity contribution in [1.82, 2.24) is 24.1 Å². The fraction of sp³-hybridized carbons (Fsp3) is 0.474. The Morgan fingerprint density at radius 2 is 1.78 bits per heavy atom. The second-order valence-corrected chi connectivity index (χ2v) is 7.88. The van der Waals surface area contributed by atoms with Gasteiger partial charge in [-0.2, -0.15) is 0 Å². The van der Waals surface area contributed by atoms with Gasteiger partial charge < -0.3 is 4.90 Å². The van der Waals surface area contributed by atoms with Gasteiger partial charge in [-0.05, 0) is 25.0 Å². The molecule has 2 aromatic heterocycles. The van der Waals surface area contributed by atoms with Crippen LogP contribution in [0, 0.1) is 0 Å². The maximum Gasteiger partial charge on any atom is 0.262 e. The molecule has 1 aliphatic heterocycles. The van der Waals surface area contributed by atoms with Crippen LogP contribution in [0.4, 0.5) is 0 Å². The number of carbonyl (C=O) groups excluding carboxylic acids is 1. The van der Waals surface area contributed by atoms with Crippen LogP contribution in [-0.4, -0.2) is 48.8 Å². The minimum Gasteiger partial charge on any atom is -0.342 e. The Balaban J connectivity index is 1.61. The number of benzene rings is 1. The van der Waals surface area contributed by atoms with E-state index in [0.29, 0.717) is 22.1 Å². The van der Waals surface area contributed by atoms with E-state index in [-0.39, 0.29) is 11.5 Å². The third-order valence-corrected chi connectivity index (χ3v) is 6.04. The molecule has 7 nitrogen and oxygen atoms in total. The number of para-hydroxylation sites is 1. The Kier molecular flexibility index (Phi) is 5.15. The Hall–Kier alpha value is -2.35. The molecule has 0 spiro atoms. The van der Waals surface area contributed by atoms with Crippen molar-refractivity contribution in [2.24, 2.45) is 7.05 Å². The van der Waals surface area contributed by atoms with Crippen molar-refractivity contribution in [2.45, 2.75) is 37.3 Å². The molecule has 0 aliphatic carbocycles. The van der Waals surface area contributed by atoms with E-state index in [1.807, 2.05) is 27.5 Å². The van der Waals surface area contributed by atoms with E-state index in [2.05, 4.69) is 10.2 Å². The van der Waals surface area contributed by atoms with E-state index in [9.17, 15) is 9.59 Å². The van der Waals surface area contributed by atoms with Crippen LogP contribution in [0.2, 0.25) is 0 Å². The fourth-order valence-electron chi connectivity index (χ4n) is 3.62. The number of hydrogen-bond acceptors (Lipinski definition) is 5. The molecule has 0 atom stereocenters. The predicted octanol–water partition coefficient (Wildman–Crippen LogP) is 2.47. The standard InChI is InChI=1S/C19H23N5O2S/c1-22-17(26)14-9-5-6-10-15(14)24-18(22)20-21-19(24)27-13-16(25)23-11-7-3-2-4-8-12-23/h5-6,9-10H,2-4,7-8,11-13H2,1H3. The van der Waals surface area contributed by atoms with Crippen LogP contribution in [0.3, 0.4) is 0 Å². The van der Waals surface area contributed by atoms with Gasteiger partial charge in [0.05, 0.1) is 16.7 Å². The van der Waals surface area contributed by atoms with Gasteiger partial charge in [-0.15, -0.1) is 10.2 Å². The molecule has 3 aromatic rings. The highest BCUT2D eigenvalue weighted by molar-refractivity contribution is 7.99. The average molecular weight is 385 g/mol. The number of aromatic nitrogens is 4. The number of fused-ring (bicyclic) bond motifs is 3. The van der Waals surface area contributed by atoms with E-state index in [4.69, 9.17) is 0 Å². The van der Waals surface area contributed by atoms with E-state index < -0.39 is 0 Å². The highest BCUT2D eigenvalue weighted by Gasteiger charge is 2.19. The molecule has 1 amide bonds. The SMILES string of the molecule is Cn1c(=O)c2ccccc2n2c(SCC(=O)N3CCCCCCC3)nnc12. The first-order valence-corrected chi connectivity index (χ1v) is 10.4. The lowest BCUT2D eigenvalue weighted by molar-refractivity contribution is -0.128. The number of aryl methyl sites for hydroxylation is 1. The maximum absolute atomic E-state index is 12.7. The lowest BCUT2D eigenvalue weighted by Crippen LogP contribution is -2.35. The number of amides is 1. The summed E-state index contributed by atoms with van der Waals surface area (Å²) >= 11 is 1.38. The Morgan fingerprint density at radius 3 is 2.56 bits per heavy atom. The summed E-state index contributed by atoms with van der Waals surface area (Å²) in [6.45, 7) is 1.69. The van der Waals surface area contributed by atoms with Crippen LogP contribution >= 0.6 is 11.8 Å². The molecule has 1 aliphatic rings. The van der Waals surface area contributed by atoms with Crippen LogP contribution in [0.1, 0.15) is 32.1 Å². The zero-order valence-electron chi connectivity index (χ0n) is 15.4. The summed E-state index contributed by atoms with van der Waals surface area (Å²) in [5, 5.41) is 9.67. The second-order valence-electron chi connectivity index (χ2n) is 6.94. The van der Waals surface area contributed by atoms with Crippen LogP contribution in [0.5, 0.6) is 0 Å². The lowest BCUT2D eigenvalue weighted by atomic mass is 10.1. The van der Waals surface area contributed by atoms with E-state index >= 15 is 0 Å². The molecule has 0 saturated carbocycles. The van der Waals surface area contributed by atoms with Gasteiger partial charge in [0.1, 0.15) is 0 Å². The van der Waals surface area contributed by atoms with Crippen LogP contribution in [0.25, 0.3) is 16.7 Å². The monoisotopic (exact) mass is 385 g/mol. The summed E-state index contributed by atoms with van der Waals surface area (Å²) in [5.41, 5.74) is 0.667. The molecule has 0 bridgehead atoms. The van der Waals surface area contributed by atoms with Crippen LogP contribution < -0.4 is 5.56 Å². The predicted molar refractivity (Wildman–Crippen MR) is 106 cm³/mol. The maximum atomic E-state index is 12.7. The summed E-state index contributed by atoms with van der Waals surface area (Å²) in [5.74, 6) is 0.963. The zero-order chi connectivity index (χ0) is 18.8. The van der Waals surface area contributed by atoms with E-state index in [1.54, 1.807) is 13.1 Å². The van der Waals surface area contributed by atoms with Gasteiger partial charge in [0.15, 0.2) is 5.16 Å². The second kappa shape index (κ2) is 7.72. The minimum atomic E-state index is -0.0984. The molecular weight excluding hydrogens is 362 g/mol. The molecule has 1 saturated heterocycles. The normalized spacial score (nSPS) is 15.8. The topological polar surface area (TPSA) is 72.5 Å². The van der Waals surface area contributed by atoms with Crippen LogP contribution in [0.15, 0.2) is 34.2 Å². The van der Waals surface area contributed by atoms with Crippen molar-refractivity contribution >= 4 is 34.3 Å². The molecule has 1 aromatic carbocycles. The number of hydrogen-bond donors (Lipinski definition) is 0. The first kappa shape index (κ1) is 18.0. The van der Waals surface area contributed by atoms with Gasteiger partial charge in [0, 0.05) is 20.1 Å².